The standard InChI is InChI=1S/C9H14FN3/c1-4-13(7(2)3)9-5-8(10)11-6-12-9/h5-7H,4H2,1-3H3. The highest BCUT2D eigenvalue weighted by atomic mass is 19.1. The maximum Gasteiger partial charge on any atom is 0.218 e. The molecule has 3 nitrogen and oxygen atoms in total. The molecule has 13 heavy (non-hydrogen) atoms. The summed E-state index contributed by atoms with van der Waals surface area (Å²) in [6, 6.07) is 1.67. The highest BCUT2D eigenvalue weighted by Gasteiger charge is 2.09. The Kier molecular flexibility index (Phi) is 3.17. The Morgan fingerprint density at radius 2 is 2.15 bits per heavy atom. The molecule has 1 rings (SSSR count). The number of hydrogen-bond acceptors (Lipinski definition) is 3. The van der Waals surface area contributed by atoms with Gasteiger partial charge in [-0.25, -0.2) is 9.97 Å². The second-order valence-corrected chi connectivity index (χ2v) is 3.08. The molecule has 1 aromatic rings. The third kappa shape index (κ3) is 2.37. The first-order valence-electron chi connectivity index (χ1n) is 4.39. The summed E-state index contributed by atoms with van der Waals surface area (Å²) < 4.78 is 12.7. The second kappa shape index (κ2) is 4.16. The predicted molar refractivity (Wildman–Crippen MR) is 50.1 cm³/mol. The Morgan fingerprint density at radius 1 is 1.46 bits per heavy atom. The van der Waals surface area contributed by atoms with E-state index in [-0.39, 0.29) is 0 Å². The third-order valence-corrected chi connectivity index (χ3v) is 1.88. The number of aromatic nitrogens is 2. The van der Waals surface area contributed by atoms with Crippen molar-refractivity contribution in [2.24, 2.45) is 0 Å². The minimum atomic E-state index is -0.482. The van der Waals surface area contributed by atoms with E-state index in [1.807, 2.05) is 25.7 Å². The molecular formula is C9H14FN3. The molecule has 0 unspecified atom stereocenters. The van der Waals surface area contributed by atoms with Crippen molar-refractivity contribution in [2.45, 2.75) is 26.8 Å². The van der Waals surface area contributed by atoms with E-state index in [0.717, 1.165) is 6.54 Å². The summed E-state index contributed by atoms with van der Waals surface area (Å²) in [5.74, 6) is 0.161. The molecule has 0 saturated carbocycles. The molecule has 0 aliphatic carbocycles. The molecule has 1 aromatic heterocycles. The lowest BCUT2D eigenvalue weighted by Crippen LogP contribution is -2.31. The van der Waals surface area contributed by atoms with Gasteiger partial charge in [-0.15, -0.1) is 0 Å². The Balaban J connectivity index is 2.91. The summed E-state index contributed by atoms with van der Waals surface area (Å²) >= 11 is 0. The summed E-state index contributed by atoms with van der Waals surface area (Å²) in [5.41, 5.74) is 0. The quantitative estimate of drug-likeness (QED) is 0.670. The monoisotopic (exact) mass is 183 g/mol. The van der Waals surface area contributed by atoms with Crippen molar-refractivity contribution in [1.29, 1.82) is 0 Å². The smallest absolute Gasteiger partial charge is 0.218 e. The maximum atomic E-state index is 12.7. The molecule has 0 aromatic carbocycles. The molecule has 0 fully saturated rings. The van der Waals surface area contributed by atoms with Crippen molar-refractivity contribution < 1.29 is 4.39 Å². The Bertz CT molecular complexity index is 275. The summed E-state index contributed by atoms with van der Waals surface area (Å²) in [4.78, 5) is 9.42. The van der Waals surface area contributed by atoms with E-state index in [1.165, 1.54) is 12.4 Å². The average Bonchev–Trinajstić information content (AvgIpc) is 2.04. The fourth-order valence-corrected chi connectivity index (χ4v) is 1.27. The van der Waals surface area contributed by atoms with Gasteiger partial charge in [0.2, 0.25) is 5.95 Å². The van der Waals surface area contributed by atoms with Gasteiger partial charge in [-0.3, -0.25) is 0 Å². The summed E-state index contributed by atoms with van der Waals surface area (Å²) in [7, 11) is 0. The van der Waals surface area contributed by atoms with Crippen LogP contribution in [0.5, 0.6) is 0 Å². The van der Waals surface area contributed by atoms with E-state index in [9.17, 15) is 4.39 Å². The first-order chi connectivity index (χ1) is 6.15. The van der Waals surface area contributed by atoms with Crippen LogP contribution in [-0.2, 0) is 0 Å². The van der Waals surface area contributed by atoms with E-state index >= 15 is 0 Å². The second-order valence-electron chi connectivity index (χ2n) is 3.08. The molecule has 0 aliphatic heterocycles. The zero-order valence-corrected chi connectivity index (χ0v) is 8.16. The Hall–Kier alpha value is -1.19. The number of nitrogens with zero attached hydrogens (tertiary/aromatic N) is 3. The number of hydrogen-bond donors (Lipinski definition) is 0. The molecule has 0 saturated heterocycles. The first-order valence-corrected chi connectivity index (χ1v) is 4.39. The molecular weight excluding hydrogens is 169 g/mol. The van der Waals surface area contributed by atoms with Crippen molar-refractivity contribution in [3.63, 3.8) is 0 Å². The number of rotatable bonds is 3. The van der Waals surface area contributed by atoms with Gasteiger partial charge in [0.1, 0.15) is 12.1 Å². The molecule has 0 aliphatic rings. The van der Waals surface area contributed by atoms with Gasteiger partial charge in [0.25, 0.3) is 0 Å². The molecule has 72 valence electrons. The maximum absolute atomic E-state index is 12.7. The van der Waals surface area contributed by atoms with Crippen LogP contribution >= 0.6 is 0 Å². The fraction of sp³-hybridized carbons (Fsp3) is 0.556. The lowest BCUT2D eigenvalue weighted by atomic mass is 10.3. The minimum absolute atomic E-state index is 0.319. The van der Waals surface area contributed by atoms with Crippen molar-refractivity contribution in [1.82, 2.24) is 9.97 Å². The van der Waals surface area contributed by atoms with Crippen molar-refractivity contribution in [2.75, 3.05) is 11.4 Å². The summed E-state index contributed by atoms with van der Waals surface area (Å²) in [5, 5.41) is 0. The highest BCUT2D eigenvalue weighted by Crippen LogP contribution is 2.12. The average molecular weight is 183 g/mol. The topological polar surface area (TPSA) is 29.0 Å². The molecule has 0 N–H and O–H groups in total. The van der Waals surface area contributed by atoms with Crippen LogP contribution < -0.4 is 4.90 Å². The zero-order chi connectivity index (χ0) is 9.84. The first kappa shape index (κ1) is 9.89. The lowest BCUT2D eigenvalue weighted by molar-refractivity contribution is 0.575. The number of halogens is 1. The highest BCUT2D eigenvalue weighted by molar-refractivity contribution is 5.37. The van der Waals surface area contributed by atoms with Crippen LogP contribution in [0.1, 0.15) is 20.8 Å². The normalized spacial score (nSPS) is 10.5. The van der Waals surface area contributed by atoms with Crippen LogP contribution in [0.2, 0.25) is 0 Å². The fourth-order valence-electron chi connectivity index (χ4n) is 1.27. The minimum Gasteiger partial charge on any atom is -0.354 e. The number of anilines is 1. The van der Waals surface area contributed by atoms with Crippen LogP contribution in [0.4, 0.5) is 10.2 Å². The molecule has 0 amide bonds. The van der Waals surface area contributed by atoms with Gasteiger partial charge in [0.15, 0.2) is 0 Å². The van der Waals surface area contributed by atoms with Gasteiger partial charge < -0.3 is 4.90 Å². The van der Waals surface area contributed by atoms with Gasteiger partial charge in [-0.1, -0.05) is 0 Å². The Labute approximate surface area is 77.6 Å². The summed E-state index contributed by atoms with van der Waals surface area (Å²) in [6.07, 6.45) is 1.25. The molecule has 0 spiro atoms. The van der Waals surface area contributed by atoms with Crippen LogP contribution in [0.15, 0.2) is 12.4 Å². The molecule has 4 heteroatoms. The van der Waals surface area contributed by atoms with Crippen molar-refractivity contribution >= 4 is 5.82 Å². The summed E-state index contributed by atoms with van der Waals surface area (Å²) in [6.45, 7) is 6.92. The van der Waals surface area contributed by atoms with Crippen molar-refractivity contribution in [3.8, 4) is 0 Å². The van der Waals surface area contributed by atoms with E-state index in [4.69, 9.17) is 0 Å². The van der Waals surface area contributed by atoms with Gasteiger partial charge in [0, 0.05) is 18.7 Å². The van der Waals surface area contributed by atoms with E-state index < -0.39 is 5.95 Å². The van der Waals surface area contributed by atoms with Crippen LogP contribution in [0.3, 0.4) is 0 Å². The van der Waals surface area contributed by atoms with E-state index in [1.54, 1.807) is 0 Å². The lowest BCUT2D eigenvalue weighted by Gasteiger charge is -2.25. The third-order valence-electron chi connectivity index (χ3n) is 1.88. The van der Waals surface area contributed by atoms with Gasteiger partial charge >= 0.3 is 0 Å². The van der Waals surface area contributed by atoms with Crippen LogP contribution in [0.25, 0.3) is 0 Å². The van der Waals surface area contributed by atoms with Crippen molar-refractivity contribution in [3.05, 3.63) is 18.3 Å². The molecule has 0 radical (unpaired) electrons. The van der Waals surface area contributed by atoms with Crippen LogP contribution in [-0.4, -0.2) is 22.6 Å². The molecule has 1 heterocycles. The van der Waals surface area contributed by atoms with Gasteiger partial charge in [-0.2, -0.15) is 4.39 Å². The molecule has 0 bridgehead atoms. The van der Waals surface area contributed by atoms with Gasteiger partial charge in [0.05, 0.1) is 0 Å². The SMILES string of the molecule is CCN(c1cc(F)ncn1)C(C)C. The van der Waals surface area contributed by atoms with E-state index in [0.29, 0.717) is 11.9 Å². The zero-order valence-electron chi connectivity index (χ0n) is 8.16. The van der Waals surface area contributed by atoms with E-state index in [2.05, 4.69) is 9.97 Å². The van der Waals surface area contributed by atoms with Gasteiger partial charge in [-0.05, 0) is 20.8 Å². The Morgan fingerprint density at radius 3 is 2.62 bits per heavy atom. The predicted octanol–water partition coefficient (Wildman–Crippen LogP) is 1.85. The largest absolute Gasteiger partial charge is 0.354 e. The molecule has 0 atom stereocenters. The van der Waals surface area contributed by atoms with Crippen LogP contribution in [0, 0.1) is 5.95 Å².